The fourth-order valence-electron chi connectivity index (χ4n) is 4.59. The van der Waals surface area contributed by atoms with Gasteiger partial charge in [-0.15, -0.1) is 0 Å². The zero-order chi connectivity index (χ0) is 22.8. The van der Waals surface area contributed by atoms with Gasteiger partial charge in [-0.25, -0.2) is 9.37 Å². The van der Waals surface area contributed by atoms with E-state index in [2.05, 4.69) is 26.3 Å². The lowest BCUT2D eigenvalue weighted by Crippen LogP contribution is -2.32. The van der Waals surface area contributed by atoms with Crippen LogP contribution < -0.4 is 10.9 Å². The lowest BCUT2D eigenvalue weighted by Gasteiger charge is -2.13. The van der Waals surface area contributed by atoms with Gasteiger partial charge < -0.3 is 15.3 Å². The van der Waals surface area contributed by atoms with Crippen LogP contribution in [0.2, 0.25) is 0 Å². The summed E-state index contributed by atoms with van der Waals surface area (Å²) < 4.78 is 13.2. The predicted octanol–water partition coefficient (Wildman–Crippen LogP) is 3.91. The second kappa shape index (κ2) is 9.02. The van der Waals surface area contributed by atoms with E-state index in [0.717, 1.165) is 17.6 Å². The Labute approximate surface area is 190 Å². The number of amides is 1. The molecule has 33 heavy (non-hydrogen) atoms. The van der Waals surface area contributed by atoms with Crippen LogP contribution in [0.1, 0.15) is 29.7 Å². The molecule has 1 unspecified atom stereocenters. The summed E-state index contributed by atoms with van der Waals surface area (Å²) in [4.78, 5) is 36.2. The molecule has 0 fully saturated rings. The third kappa shape index (κ3) is 4.44. The smallest absolute Gasteiger partial charge is 0.254 e. The molecule has 2 heterocycles. The van der Waals surface area contributed by atoms with E-state index < -0.39 is 0 Å². The average molecular weight is 445 g/mol. The van der Waals surface area contributed by atoms with Crippen LogP contribution >= 0.6 is 0 Å². The van der Waals surface area contributed by atoms with Crippen LogP contribution in [0.4, 0.5) is 4.39 Å². The van der Waals surface area contributed by atoms with Gasteiger partial charge in [0.25, 0.3) is 5.56 Å². The fourth-order valence-corrected chi connectivity index (χ4v) is 4.59. The molecule has 0 saturated carbocycles. The number of hydrogen-bond donors (Lipinski definition) is 3. The Balaban J connectivity index is 1.23. The Morgan fingerprint density at radius 1 is 1.09 bits per heavy atom. The number of nitrogens with zero attached hydrogens (tertiary/aromatic N) is 1. The molecule has 5 rings (SSSR count). The lowest BCUT2D eigenvalue weighted by molar-refractivity contribution is -0.125. The molecule has 7 heteroatoms. The first-order valence-electron chi connectivity index (χ1n) is 11.3. The molecule has 1 aliphatic rings. The number of H-pyrrole nitrogens is 2. The molecule has 6 nitrogen and oxygen atoms in total. The Bertz CT molecular complexity index is 1360. The van der Waals surface area contributed by atoms with Crippen LogP contribution in [0, 0.1) is 11.7 Å². The maximum atomic E-state index is 13.2. The SMILES string of the molecule is O=C(NCCc1c[nH]c2ccccc12)C1CCc2nc(-c3ccc(F)cc3)[nH]c(=O)c2CC1. The van der Waals surface area contributed by atoms with Crippen molar-refractivity contribution in [2.75, 3.05) is 6.54 Å². The van der Waals surface area contributed by atoms with Crippen molar-refractivity contribution in [1.82, 2.24) is 20.3 Å². The molecule has 0 radical (unpaired) electrons. The number of para-hydroxylation sites is 1. The van der Waals surface area contributed by atoms with Crippen molar-refractivity contribution < 1.29 is 9.18 Å². The van der Waals surface area contributed by atoms with Crippen molar-refractivity contribution in [2.24, 2.45) is 5.92 Å². The quantitative estimate of drug-likeness (QED) is 0.408. The largest absolute Gasteiger partial charge is 0.361 e. The summed E-state index contributed by atoms with van der Waals surface area (Å²) in [7, 11) is 0. The topological polar surface area (TPSA) is 90.6 Å². The van der Waals surface area contributed by atoms with Crippen LogP contribution in [0.25, 0.3) is 22.3 Å². The summed E-state index contributed by atoms with van der Waals surface area (Å²) >= 11 is 0. The normalized spacial score (nSPS) is 15.7. The Morgan fingerprint density at radius 3 is 2.73 bits per heavy atom. The van der Waals surface area contributed by atoms with E-state index in [0.29, 0.717) is 49.2 Å². The number of carbonyl (C=O) groups excluding carboxylic acids is 1. The number of fused-ring (bicyclic) bond motifs is 2. The number of halogens is 1. The van der Waals surface area contributed by atoms with Crippen molar-refractivity contribution >= 4 is 16.8 Å². The molecule has 0 saturated heterocycles. The average Bonchev–Trinajstić information content (AvgIpc) is 3.10. The van der Waals surface area contributed by atoms with Gasteiger partial charge in [0.15, 0.2) is 0 Å². The number of rotatable bonds is 5. The predicted molar refractivity (Wildman–Crippen MR) is 125 cm³/mol. The Hall–Kier alpha value is -3.74. The number of hydrogen-bond acceptors (Lipinski definition) is 3. The van der Waals surface area contributed by atoms with Gasteiger partial charge >= 0.3 is 0 Å². The highest BCUT2D eigenvalue weighted by molar-refractivity contribution is 5.83. The highest BCUT2D eigenvalue weighted by atomic mass is 19.1. The number of aromatic amines is 2. The van der Waals surface area contributed by atoms with E-state index in [-0.39, 0.29) is 23.2 Å². The Morgan fingerprint density at radius 2 is 1.88 bits per heavy atom. The molecule has 1 amide bonds. The highest BCUT2D eigenvalue weighted by Crippen LogP contribution is 2.24. The summed E-state index contributed by atoms with van der Waals surface area (Å²) in [6.45, 7) is 0.567. The van der Waals surface area contributed by atoms with E-state index >= 15 is 0 Å². The molecule has 2 aromatic heterocycles. The maximum Gasteiger partial charge on any atom is 0.254 e. The van der Waals surface area contributed by atoms with Gasteiger partial charge in [0.2, 0.25) is 5.91 Å². The van der Waals surface area contributed by atoms with Crippen molar-refractivity contribution in [3.05, 3.63) is 87.7 Å². The molecule has 0 bridgehead atoms. The van der Waals surface area contributed by atoms with Gasteiger partial charge in [-0.2, -0.15) is 0 Å². The van der Waals surface area contributed by atoms with Crippen LogP contribution in [0.3, 0.4) is 0 Å². The van der Waals surface area contributed by atoms with Gasteiger partial charge in [0.1, 0.15) is 11.6 Å². The number of aryl methyl sites for hydroxylation is 1. The summed E-state index contributed by atoms with van der Waals surface area (Å²) in [6.07, 6.45) is 5.09. The fraction of sp³-hybridized carbons (Fsp3) is 0.269. The summed E-state index contributed by atoms with van der Waals surface area (Å²) in [6, 6.07) is 14.0. The maximum absolute atomic E-state index is 13.2. The molecule has 1 atom stereocenters. The van der Waals surface area contributed by atoms with Crippen molar-refractivity contribution in [3.8, 4) is 11.4 Å². The van der Waals surface area contributed by atoms with Gasteiger partial charge in [0, 0.05) is 40.7 Å². The van der Waals surface area contributed by atoms with Gasteiger partial charge in [-0.1, -0.05) is 18.2 Å². The summed E-state index contributed by atoms with van der Waals surface area (Å²) in [5.41, 5.74) is 4.13. The molecule has 2 aromatic carbocycles. The zero-order valence-corrected chi connectivity index (χ0v) is 18.2. The number of nitrogens with one attached hydrogen (secondary N) is 3. The van der Waals surface area contributed by atoms with E-state index in [1.54, 1.807) is 12.1 Å². The standard InChI is InChI=1S/C26H25FN4O2/c27-19-9-5-16(6-10-19)24-30-23-12-8-17(7-11-21(23)26(33)31-24)25(32)28-14-13-18-15-29-22-4-2-1-3-20(18)22/h1-6,9-10,15,17,29H,7-8,11-14H2,(H,28,32)(H,30,31,33). The molecule has 1 aliphatic carbocycles. The minimum absolute atomic E-state index is 0.0258. The molecule has 0 aliphatic heterocycles. The molecule has 168 valence electrons. The van der Waals surface area contributed by atoms with E-state index in [9.17, 15) is 14.0 Å². The van der Waals surface area contributed by atoms with Crippen LogP contribution in [-0.4, -0.2) is 27.4 Å². The van der Waals surface area contributed by atoms with E-state index in [4.69, 9.17) is 0 Å². The molecular formula is C26H25FN4O2. The van der Waals surface area contributed by atoms with E-state index in [1.807, 2.05) is 24.4 Å². The van der Waals surface area contributed by atoms with Crippen molar-refractivity contribution in [3.63, 3.8) is 0 Å². The molecule has 4 aromatic rings. The minimum Gasteiger partial charge on any atom is -0.361 e. The van der Waals surface area contributed by atoms with Gasteiger partial charge in [-0.3, -0.25) is 9.59 Å². The Kier molecular flexibility index (Phi) is 5.77. The first-order chi connectivity index (χ1) is 16.1. The molecule has 0 spiro atoms. The first kappa shape index (κ1) is 21.1. The second-order valence-electron chi connectivity index (χ2n) is 8.52. The van der Waals surface area contributed by atoms with Crippen molar-refractivity contribution in [2.45, 2.75) is 32.1 Å². The van der Waals surface area contributed by atoms with Gasteiger partial charge in [0.05, 0.1) is 5.69 Å². The monoisotopic (exact) mass is 444 g/mol. The van der Waals surface area contributed by atoms with Crippen molar-refractivity contribution in [1.29, 1.82) is 0 Å². The minimum atomic E-state index is -0.339. The number of aromatic nitrogens is 3. The van der Waals surface area contributed by atoms with Crippen LogP contribution in [-0.2, 0) is 24.1 Å². The third-order valence-corrected chi connectivity index (χ3v) is 6.43. The number of carbonyl (C=O) groups is 1. The van der Waals surface area contributed by atoms with E-state index in [1.165, 1.54) is 23.1 Å². The zero-order valence-electron chi connectivity index (χ0n) is 18.2. The first-order valence-corrected chi connectivity index (χ1v) is 11.3. The van der Waals surface area contributed by atoms with Gasteiger partial charge in [-0.05, 0) is 68.0 Å². The lowest BCUT2D eigenvalue weighted by atomic mass is 9.98. The van der Waals surface area contributed by atoms with Crippen LogP contribution in [0.5, 0.6) is 0 Å². The van der Waals surface area contributed by atoms with Crippen LogP contribution in [0.15, 0.2) is 59.5 Å². The molecule has 3 N–H and O–H groups in total. The summed E-state index contributed by atoms with van der Waals surface area (Å²) in [5.74, 6) is -0.0385. The third-order valence-electron chi connectivity index (χ3n) is 6.43. The summed E-state index contributed by atoms with van der Waals surface area (Å²) in [5, 5.41) is 4.25. The number of benzene rings is 2. The highest BCUT2D eigenvalue weighted by Gasteiger charge is 2.25. The molecular weight excluding hydrogens is 419 g/mol. The second-order valence-corrected chi connectivity index (χ2v) is 8.52.